The number of hydrazone groups is 1. The Morgan fingerprint density at radius 2 is 1.62 bits per heavy atom. The van der Waals surface area contributed by atoms with Gasteiger partial charge in [0.2, 0.25) is 0 Å². The molecule has 0 radical (unpaired) electrons. The minimum atomic E-state index is -4.18. The third-order valence-corrected chi connectivity index (χ3v) is 7.11. The van der Waals surface area contributed by atoms with Crippen LogP contribution in [0, 0.1) is 5.82 Å². The first kappa shape index (κ1) is 24.0. The SMILES string of the molecule is O=C(CN(c1cccc(Cl)c1Cl)S(=O)(=O)c1ccccc1)N/N=C\c1c(F)cccc1Cl. The number of nitrogens with zero attached hydrogens (tertiary/aromatic N) is 2. The summed E-state index contributed by atoms with van der Waals surface area (Å²) in [4.78, 5) is 12.5. The number of hydrogen-bond acceptors (Lipinski definition) is 4. The van der Waals surface area contributed by atoms with Gasteiger partial charge in [-0.3, -0.25) is 9.10 Å². The molecule has 6 nitrogen and oxygen atoms in total. The standard InChI is InChI=1S/C21H15Cl3FN3O3S/c22-16-8-4-10-18(25)15(16)12-26-27-20(29)13-28(19-11-5-9-17(23)21(19)24)32(30,31)14-6-2-1-3-7-14/h1-12H,13H2,(H,27,29)/b26-12-. The van der Waals surface area contributed by atoms with Crippen molar-refractivity contribution in [1.82, 2.24) is 5.43 Å². The van der Waals surface area contributed by atoms with E-state index in [2.05, 4.69) is 10.5 Å². The Bertz CT molecular complexity index is 1250. The number of sulfonamides is 1. The summed E-state index contributed by atoms with van der Waals surface area (Å²) in [5.41, 5.74) is 2.15. The first-order valence-corrected chi connectivity index (χ1v) is 11.6. The number of carbonyl (C=O) groups is 1. The van der Waals surface area contributed by atoms with E-state index >= 15 is 0 Å². The lowest BCUT2D eigenvalue weighted by atomic mass is 10.2. The van der Waals surface area contributed by atoms with Crippen molar-refractivity contribution in [3.8, 4) is 0 Å². The summed E-state index contributed by atoms with van der Waals surface area (Å²) in [6, 6.07) is 16.0. The molecule has 166 valence electrons. The van der Waals surface area contributed by atoms with Gasteiger partial charge in [0, 0.05) is 5.56 Å². The Hall–Kier alpha value is -2.65. The summed E-state index contributed by atoms with van der Waals surface area (Å²) >= 11 is 18.2. The van der Waals surface area contributed by atoms with Crippen LogP contribution >= 0.6 is 34.8 Å². The molecule has 3 aromatic rings. The molecule has 0 aromatic heterocycles. The number of carbonyl (C=O) groups excluding carboxylic acids is 1. The molecule has 3 aromatic carbocycles. The fraction of sp³-hybridized carbons (Fsp3) is 0.0476. The Morgan fingerprint density at radius 3 is 2.31 bits per heavy atom. The van der Waals surface area contributed by atoms with Crippen LogP contribution in [0.4, 0.5) is 10.1 Å². The van der Waals surface area contributed by atoms with Crippen molar-refractivity contribution >= 4 is 62.6 Å². The summed E-state index contributed by atoms with van der Waals surface area (Å²) in [5.74, 6) is -1.43. The Balaban J connectivity index is 1.90. The molecular weight excluding hydrogens is 500 g/mol. The molecule has 0 bridgehead atoms. The van der Waals surface area contributed by atoms with Crippen LogP contribution in [0.2, 0.25) is 15.1 Å². The molecule has 0 unspecified atom stereocenters. The Morgan fingerprint density at radius 1 is 0.969 bits per heavy atom. The average Bonchev–Trinajstić information content (AvgIpc) is 2.77. The largest absolute Gasteiger partial charge is 0.271 e. The van der Waals surface area contributed by atoms with Crippen LogP contribution in [0.5, 0.6) is 0 Å². The van der Waals surface area contributed by atoms with Gasteiger partial charge in [-0.25, -0.2) is 18.2 Å². The van der Waals surface area contributed by atoms with Gasteiger partial charge in [-0.15, -0.1) is 0 Å². The number of halogens is 4. The van der Waals surface area contributed by atoms with Crippen molar-refractivity contribution < 1.29 is 17.6 Å². The van der Waals surface area contributed by atoms with Crippen LogP contribution in [-0.4, -0.2) is 27.1 Å². The van der Waals surface area contributed by atoms with Crippen LogP contribution in [0.1, 0.15) is 5.56 Å². The molecule has 0 spiro atoms. The Kier molecular flexibility index (Phi) is 7.73. The fourth-order valence-corrected chi connectivity index (χ4v) is 4.79. The lowest BCUT2D eigenvalue weighted by Crippen LogP contribution is -2.39. The number of anilines is 1. The zero-order chi connectivity index (χ0) is 23.3. The van der Waals surface area contributed by atoms with Crippen LogP contribution in [0.3, 0.4) is 0 Å². The van der Waals surface area contributed by atoms with Crippen LogP contribution in [0.15, 0.2) is 76.7 Å². The van der Waals surface area contributed by atoms with Crippen molar-refractivity contribution in [2.24, 2.45) is 5.10 Å². The van der Waals surface area contributed by atoms with E-state index in [1.165, 1.54) is 48.5 Å². The molecule has 0 heterocycles. The second kappa shape index (κ2) is 10.3. The van der Waals surface area contributed by atoms with Gasteiger partial charge < -0.3 is 0 Å². The van der Waals surface area contributed by atoms with Crippen LogP contribution in [-0.2, 0) is 14.8 Å². The molecule has 3 rings (SSSR count). The lowest BCUT2D eigenvalue weighted by Gasteiger charge is -2.24. The number of hydrogen-bond donors (Lipinski definition) is 1. The lowest BCUT2D eigenvalue weighted by molar-refractivity contribution is -0.119. The van der Waals surface area contributed by atoms with Crippen molar-refractivity contribution in [1.29, 1.82) is 0 Å². The summed E-state index contributed by atoms with van der Waals surface area (Å²) in [7, 11) is -4.18. The van der Waals surface area contributed by atoms with Crippen molar-refractivity contribution in [2.45, 2.75) is 4.90 Å². The highest BCUT2D eigenvalue weighted by molar-refractivity contribution is 7.92. The van der Waals surface area contributed by atoms with Crippen molar-refractivity contribution in [3.63, 3.8) is 0 Å². The van der Waals surface area contributed by atoms with Gasteiger partial charge in [0.1, 0.15) is 12.4 Å². The molecule has 0 aliphatic heterocycles. The second-order valence-electron chi connectivity index (χ2n) is 6.33. The molecule has 32 heavy (non-hydrogen) atoms. The Labute approximate surface area is 199 Å². The maximum absolute atomic E-state index is 13.8. The molecule has 0 aliphatic carbocycles. The predicted octanol–water partition coefficient (Wildman–Crippen LogP) is 5.13. The molecule has 0 atom stereocenters. The molecule has 1 amide bonds. The minimum absolute atomic E-state index is 0.0132. The molecule has 0 aliphatic rings. The first-order valence-electron chi connectivity index (χ1n) is 8.99. The minimum Gasteiger partial charge on any atom is -0.271 e. The van der Waals surface area contributed by atoms with Gasteiger partial charge in [-0.05, 0) is 36.4 Å². The van der Waals surface area contributed by atoms with Gasteiger partial charge >= 0.3 is 0 Å². The summed E-state index contributed by atoms with van der Waals surface area (Å²) in [5, 5.41) is 3.85. The maximum atomic E-state index is 13.8. The van der Waals surface area contributed by atoms with E-state index < -0.39 is 28.3 Å². The summed E-state index contributed by atoms with van der Waals surface area (Å²) < 4.78 is 41.2. The third kappa shape index (κ3) is 5.39. The molecule has 0 saturated heterocycles. The van der Waals surface area contributed by atoms with Gasteiger partial charge in [-0.2, -0.15) is 5.10 Å². The van der Waals surface area contributed by atoms with E-state index in [-0.39, 0.29) is 31.2 Å². The molecule has 0 fully saturated rings. The highest BCUT2D eigenvalue weighted by Crippen LogP contribution is 2.35. The van der Waals surface area contributed by atoms with E-state index in [1.54, 1.807) is 18.2 Å². The number of benzene rings is 3. The maximum Gasteiger partial charge on any atom is 0.264 e. The number of nitrogens with one attached hydrogen (secondary N) is 1. The van der Waals surface area contributed by atoms with Gasteiger partial charge in [-0.1, -0.05) is 65.1 Å². The quantitative estimate of drug-likeness (QED) is 0.351. The summed E-state index contributed by atoms with van der Waals surface area (Å²) in [6.07, 6.45) is 1.03. The third-order valence-electron chi connectivity index (χ3n) is 4.20. The first-order chi connectivity index (χ1) is 15.2. The highest BCUT2D eigenvalue weighted by Gasteiger charge is 2.29. The molecular formula is C21H15Cl3FN3O3S. The van der Waals surface area contributed by atoms with E-state index in [0.29, 0.717) is 0 Å². The predicted molar refractivity (Wildman–Crippen MR) is 125 cm³/mol. The molecule has 0 saturated carbocycles. The number of rotatable bonds is 7. The zero-order valence-corrected chi connectivity index (χ0v) is 19.3. The number of amides is 1. The fourth-order valence-electron chi connectivity index (χ4n) is 2.67. The van der Waals surface area contributed by atoms with Crippen molar-refractivity contribution in [3.05, 3.63) is 93.2 Å². The normalized spacial score (nSPS) is 11.5. The smallest absolute Gasteiger partial charge is 0.264 e. The van der Waals surface area contributed by atoms with Gasteiger partial charge in [0.15, 0.2) is 0 Å². The average molecular weight is 515 g/mol. The van der Waals surface area contributed by atoms with Crippen molar-refractivity contribution in [2.75, 3.05) is 10.8 Å². The van der Waals surface area contributed by atoms with Crippen LogP contribution in [0.25, 0.3) is 0 Å². The van der Waals surface area contributed by atoms with E-state index in [9.17, 15) is 17.6 Å². The molecule has 11 heteroatoms. The monoisotopic (exact) mass is 513 g/mol. The zero-order valence-electron chi connectivity index (χ0n) is 16.2. The summed E-state index contributed by atoms with van der Waals surface area (Å²) in [6.45, 7) is -0.667. The van der Waals surface area contributed by atoms with E-state index in [0.717, 1.165) is 10.5 Å². The van der Waals surface area contributed by atoms with E-state index in [4.69, 9.17) is 34.8 Å². The van der Waals surface area contributed by atoms with Gasteiger partial charge in [0.25, 0.3) is 15.9 Å². The molecule has 1 N–H and O–H groups in total. The van der Waals surface area contributed by atoms with E-state index in [1.807, 2.05) is 0 Å². The second-order valence-corrected chi connectivity index (χ2v) is 9.38. The topological polar surface area (TPSA) is 78.8 Å². The van der Waals surface area contributed by atoms with Crippen LogP contribution < -0.4 is 9.73 Å². The highest BCUT2D eigenvalue weighted by atomic mass is 35.5. The van der Waals surface area contributed by atoms with Gasteiger partial charge in [0.05, 0.1) is 31.9 Å².